The van der Waals surface area contributed by atoms with Gasteiger partial charge in [0.25, 0.3) is 5.91 Å². The van der Waals surface area contributed by atoms with Crippen molar-refractivity contribution in [2.75, 3.05) is 14.2 Å². The number of fused-ring (bicyclic) bond motifs is 1. The lowest BCUT2D eigenvalue weighted by Gasteiger charge is -2.38. The third-order valence-electron chi connectivity index (χ3n) is 4.72. The number of rotatable bonds is 6. The van der Waals surface area contributed by atoms with Gasteiger partial charge in [-0.05, 0) is 45.0 Å². The van der Waals surface area contributed by atoms with Gasteiger partial charge in [-0.15, -0.1) is 0 Å². The van der Waals surface area contributed by atoms with E-state index in [1.165, 1.54) is 0 Å². The van der Waals surface area contributed by atoms with Crippen LogP contribution in [0.3, 0.4) is 0 Å². The SMILES string of the molecule is COc1cccc(O[C@H](C)C(=O)N[C@H]2CC(C)(C)Oc3cc(OC)ccc32)c1. The lowest BCUT2D eigenvalue weighted by molar-refractivity contribution is -0.128. The Hall–Kier alpha value is -2.89. The Morgan fingerprint density at radius 2 is 1.79 bits per heavy atom. The number of hydrogen-bond acceptors (Lipinski definition) is 5. The summed E-state index contributed by atoms with van der Waals surface area (Å²) >= 11 is 0. The number of nitrogens with one attached hydrogen (secondary N) is 1. The molecular weight excluding hydrogens is 358 g/mol. The van der Waals surface area contributed by atoms with Crippen molar-refractivity contribution < 1.29 is 23.7 Å². The molecule has 2 aromatic rings. The zero-order valence-electron chi connectivity index (χ0n) is 16.9. The van der Waals surface area contributed by atoms with E-state index in [0.717, 1.165) is 17.1 Å². The summed E-state index contributed by atoms with van der Waals surface area (Å²) in [6.45, 7) is 5.74. The molecule has 3 rings (SSSR count). The monoisotopic (exact) mass is 385 g/mol. The van der Waals surface area contributed by atoms with E-state index in [-0.39, 0.29) is 11.9 Å². The molecule has 1 N–H and O–H groups in total. The number of carbonyl (C=O) groups excluding carboxylic acids is 1. The number of ether oxygens (including phenoxy) is 4. The molecule has 0 unspecified atom stereocenters. The van der Waals surface area contributed by atoms with Crippen LogP contribution >= 0.6 is 0 Å². The first-order valence-electron chi connectivity index (χ1n) is 9.29. The fourth-order valence-electron chi connectivity index (χ4n) is 3.31. The average molecular weight is 385 g/mol. The van der Waals surface area contributed by atoms with Crippen molar-refractivity contribution in [3.63, 3.8) is 0 Å². The van der Waals surface area contributed by atoms with Crippen LogP contribution in [-0.2, 0) is 4.79 Å². The summed E-state index contributed by atoms with van der Waals surface area (Å²) in [6.07, 6.45) is 0.00370. The third kappa shape index (κ3) is 4.50. The number of hydrogen-bond donors (Lipinski definition) is 1. The normalized spacial score (nSPS) is 18.2. The Morgan fingerprint density at radius 1 is 1.11 bits per heavy atom. The highest BCUT2D eigenvalue weighted by molar-refractivity contribution is 5.81. The van der Waals surface area contributed by atoms with Crippen LogP contribution in [0.4, 0.5) is 0 Å². The van der Waals surface area contributed by atoms with Gasteiger partial charge in [0.1, 0.15) is 28.6 Å². The molecule has 0 bridgehead atoms. The first kappa shape index (κ1) is 19.9. The molecule has 1 aliphatic rings. The summed E-state index contributed by atoms with van der Waals surface area (Å²) in [6, 6.07) is 12.7. The van der Waals surface area contributed by atoms with Gasteiger partial charge in [0.15, 0.2) is 6.10 Å². The van der Waals surface area contributed by atoms with Crippen LogP contribution in [-0.4, -0.2) is 31.8 Å². The van der Waals surface area contributed by atoms with Gasteiger partial charge in [-0.3, -0.25) is 4.79 Å². The minimum atomic E-state index is -0.653. The van der Waals surface area contributed by atoms with Crippen molar-refractivity contribution in [3.05, 3.63) is 48.0 Å². The lowest BCUT2D eigenvalue weighted by atomic mass is 9.89. The second kappa shape index (κ2) is 8.00. The molecule has 1 heterocycles. The van der Waals surface area contributed by atoms with Crippen LogP contribution in [0.1, 0.15) is 38.8 Å². The van der Waals surface area contributed by atoms with E-state index in [1.807, 2.05) is 44.2 Å². The second-order valence-corrected chi connectivity index (χ2v) is 7.47. The van der Waals surface area contributed by atoms with Crippen molar-refractivity contribution in [2.45, 2.75) is 44.9 Å². The van der Waals surface area contributed by atoms with Gasteiger partial charge in [-0.25, -0.2) is 0 Å². The minimum absolute atomic E-state index is 0.173. The Bertz CT molecular complexity index is 849. The molecule has 0 aromatic heterocycles. The van der Waals surface area contributed by atoms with Gasteiger partial charge < -0.3 is 24.3 Å². The Labute approximate surface area is 165 Å². The Kier molecular flexibility index (Phi) is 5.68. The molecule has 1 aliphatic heterocycles. The van der Waals surface area contributed by atoms with Crippen molar-refractivity contribution in [1.29, 1.82) is 0 Å². The number of carbonyl (C=O) groups is 1. The van der Waals surface area contributed by atoms with Crippen LogP contribution in [0.5, 0.6) is 23.0 Å². The first-order chi connectivity index (χ1) is 13.3. The van der Waals surface area contributed by atoms with E-state index in [1.54, 1.807) is 33.3 Å². The first-order valence-corrected chi connectivity index (χ1v) is 9.29. The van der Waals surface area contributed by atoms with E-state index in [2.05, 4.69) is 5.32 Å². The van der Waals surface area contributed by atoms with Crippen LogP contribution < -0.4 is 24.3 Å². The summed E-state index contributed by atoms with van der Waals surface area (Å²) < 4.78 is 22.4. The van der Waals surface area contributed by atoms with Gasteiger partial charge in [0.05, 0.1) is 20.3 Å². The van der Waals surface area contributed by atoms with E-state index < -0.39 is 11.7 Å². The maximum absolute atomic E-state index is 12.8. The molecule has 150 valence electrons. The molecule has 2 atom stereocenters. The molecule has 0 spiro atoms. The fourth-order valence-corrected chi connectivity index (χ4v) is 3.31. The van der Waals surface area contributed by atoms with E-state index in [9.17, 15) is 4.79 Å². The van der Waals surface area contributed by atoms with Crippen LogP contribution in [0.2, 0.25) is 0 Å². The van der Waals surface area contributed by atoms with Crippen molar-refractivity contribution in [1.82, 2.24) is 5.32 Å². The summed E-state index contributed by atoms with van der Waals surface area (Å²) in [5, 5.41) is 3.10. The topological polar surface area (TPSA) is 66.0 Å². The molecule has 0 saturated carbocycles. The molecule has 6 heteroatoms. The van der Waals surface area contributed by atoms with Crippen LogP contribution in [0.15, 0.2) is 42.5 Å². The third-order valence-corrected chi connectivity index (χ3v) is 4.72. The number of amides is 1. The van der Waals surface area contributed by atoms with Crippen molar-refractivity contribution in [3.8, 4) is 23.0 Å². The summed E-state index contributed by atoms with van der Waals surface area (Å²) in [7, 11) is 3.21. The molecule has 0 saturated heterocycles. The Balaban J connectivity index is 1.74. The molecule has 0 fully saturated rings. The maximum atomic E-state index is 12.8. The second-order valence-electron chi connectivity index (χ2n) is 7.47. The van der Waals surface area contributed by atoms with Gasteiger partial charge in [-0.2, -0.15) is 0 Å². The van der Waals surface area contributed by atoms with Crippen molar-refractivity contribution >= 4 is 5.91 Å². The minimum Gasteiger partial charge on any atom is -0.497 e. The number of methoxy groups -OCH3 is 2. The van der Waals surface area contributed by atoms with Gasteiger partial charge in [0.2, 0.25) is 0 Å². The largest absolute Gasteiger partial charge is 0.497 e. The molecule has 6 nitrogen and oxygen atoms in total. The summed E-state index contributed by atoms with van der Waals surface area (Å²) in [5.74, 6) is 2.52. The van der Waals surface area contributed by atoms with Crippen LogP contribution in [0.25, 0.3) is 0 Å². The van der Waals surface area contributed by atoms with Gasteiger partial charge in [0, 0.05) is 24.1 Å². The maximum Gasteiger partial charge on any atom is 0.261 e. The molecular formula is C22H27NO5. The zero-order valence-corrected chi connectivity index (χ0v) is 16.9. The standard InChI is InChI=1S/C22H27NO5/c1-14(27-17-8-6-7-15(11-17)25-4)21(24)23-19-13-22(2,3)28-20-12-16(26-5)9-10-18(19)20/h6-12,14,19H,13H2,1-5H3,(H,23,24)/t14-,19+/m1/s1. The van der Waals surface area contributed by atoms with E-state index >= 15 is 0 Å². The van der Waals surface area contributed by atoms with E-state index in [0.29, 0.717) is 17.9 Å². The number of benzene rings is 2. The molecule has 28 heavy (non-hydrogen) atoms. The predicted molar refractivity (Wildman–Crippen MR) is 106 cm³/mol. The van der Waals surface area contributed by atoms with Crippen LogP contribution in [0, 0.1) is 0 Å². The molecule has 1 amide bonds. The molecule has 0 radical (unpaired) electrons. The van der Waals surface area contributed by atoms with Crippen molar-refractivity contribution in [2.24, 2.45) is 0 Å². The smallest absolute Gasteiger partial charge is 0.261 e. The highest BCUT2D eigenvalue weighted by Gasteiger charge is 2.35. The van der Waals surface area contributed by atoms with E-state index in [4.69, 9.17) is 18.9 Å². The molecule has 0 aliphatic carbocycles. The highest BCUT2D eigenvalue weighted by atomic mass is 16.5. The van der Waals surface area contributed by atoms with Gasteiger partial charge >= 0.3 is 0 Å². The zero-order chi connectivity index (χ0) is 20.3. The summed E-state index contributed by atoms with van der Waals surface area (Å²) in [4.78, 5) is 12.8. The average Bonchev–Trinajstić information content (AvgIpc) is 2.66. The highest BCUT2D eigenvalue weighted by Crippen LogP contribution is 2.41. The lowest BCUT2D eigenvalue weighted by Crippen LogP contribution is -2.44. The summed E-state index contributed by atoms with van der Waals surface area (Å²) in [5.41, 5.74) is 0.524. The molecule has 2 aromatic carbocycles. The quantitative estimate of drug-likeness (QED) is 0.817. The fraction of sp³-hybridized carbons (Fsp3) is 0.409. The predicted octanol–water partition coefficient (Wildman–Crippen LogP) is 3.89. The van der Waals surface area contributed by atoms with Gasteiger partial charge in [-0.1, -0.05) is 6.07 Å². The Morgan fingerprint density at radius 3 is 2.50 bits per heavy atom.